The van der Waals surface area contributed by atoms with E-state index in [0.717, 1.165) is 23.7 Å². The predicted octanol–water partition coefficient (Wildman–Crippen LogP) is 7.00. The lowest BCUT2D eigenvalue weighted by Crippen LogP contribution is -2.41. The summed E-state index contributed by atoms with van der Waals surface area (Å²) in [6, 6.07) is 0. The fraction of sp³-hybridized carbons (Fsp3) is 1.00. The van der Waals surface area contributed by atoms with Gasteiger partial charge in [-0.05, 0) is 75.5 Å². The van der Waals surface area contributed by atoms with Gasteiger partial charge < -0.3 is 0 Å². The second-order valence-electron chi connectivity index (χ2n) is 9.11. The smallest absolute Gasteiger partial charge is 0.0506 e. The largest absolute Gasteiger partial charge is 0.290 e. The molecule has 0 unspecified atom stereocenters. The summed E-state index contributed by atoms with van der Waals surface area (Å²) in [6.45, 7) is 24.9. The van der Waals surface area contributed by atoms with E-state index >= 15 is 0 Å². The van der Waals surface area contributed by atoms with Gasteiger partial charge in [0.2, 0.25) is 0 Å². The van der Waals surface area contributed by atoms with Gasteiger partial charge in [0.15, 0.2) is 0 Å². The van der Waals surface area contributed by atoms with E-state index < -0.39 is 0 Å². The quantitative estimate of drug-likeness (QED) is 0.308. The summed E-state index contributed by atoms with van der Waals surface area (Å²) in [5, 5.41) is 0. The summed E-state index contributed by atoms with van der Waals surface area (Å²) in [7, 11) is 0. The van der Waals surface area contributed by atoms with E-state index in [1.807, 2.05) is 0 Å². The second-order valence-corrected chi connectivity index (χ2v) is 9.11. The average Bonchev–Trinajstić information content (AvgIpc) is 2.43. The highest BCUT2D eigenvalue weighted by Crippen LogP contribution is 2.11. The fourth-order valence-electron chi connectivity index (χ4n) is 2.55. The molecule has 0 rings (SSSR count). The summed E-state index contributed by atoms with van der Waals surface area (Å²) in [4.78, 5) is 5.42. The summed E-state index contributed by atoms with van der Waals surface area (Å²) in [6.07, 6.45) is 5.28. The van der Waals surface area contributed by atoms with Gasteiger partial charge in [0.1, 0.15) is 0 Å². The minimum absolute atomic E-state index is 0. The molecule has 0 spiro atoms. The van der Waals surface area contributed by atoms with Crippen molar-refractivity contribution in [1.82, 2.24) is 9.80 Å². The predicted molar refractivity (Wildman–Crippen MR) is 119 cm³/mol. The first-order chi connectivity index (χ1) is 10.7. The monoisotopic (exact) mass is 358 g/mol. The highest BCUT2D eigenvalue weighted by molar-refractivity contribution is 4.66. The van der Waals surface area contributed by atoms with Crippen molar-refractivity contribution >= 4 is 0 Å². The molecular formula is C23H54N2. The molecule has 0 aliphatic rings. The number of nitrogens with zero attached hydrogens (tertiary/aromatic N) is 2. The molecule has 0 amide bonds. The van der Waals surface area contributed by atoms with Crippen molar-refractivity contribution in [3.05, 3.63) is 0 Å². The van der Waals surface area contributed by atoms with Gasteiger partial charge in [-0.2, -0.15) is 0 Å². The van der Waals surface area contributed by atoms with Gasteiger partial charge in [-0.15, -0.1) is 0 Å². The minimum atomic E-state index is 0. The van der Waals surface area contributed by atoms with Gasteiger partial charge in [-0.3, -0.25) is 9.80 Å². The highest BCUT2D eigenvalue weighted by atomic mass is 15.3. The molecule has 2 heteroatoms. The van der Waals surface area contributed by atoms with Gasteiger partial charge in [0.25, 0.3) is 0 Å². The van der Waals surface area contributed by atoms with Crippen molar-refractivity contribution in [3.8, 4) is 0 Å². The maximum atomic E-state index is 2.71. The Morgan fingerprint density at radius 1 is 0.440 bits per heavy atom. The molecule has 0 radical (unpaired) electrons. The van der Waals surface area contributed by atoms with E-state index in [1.54, 1.807) is 0 Å². The van der Waals surface area contributed by atoms with Crippen LogP contribution in [-0.4, -0.2) is 42.6 Å². The van der Waals surface area contributed by atoms with Crippen LogP contribution in [0.15, 0.2) is 0 Å². The Balaban J connectivity index is -0.00000242. The molecular weight excluding hydrogens is 304 g/mol. The van der Waals surface area contributed by atoms with Crippen LogP contribution in [0.1, 0.15) is 95.9 Å². The zero-order valence-corrected chi connectivity index (χ0v) is 17.6. The molecule has 0 bridgehead atoms. The van der Waals surface area contributed by atoms with Crippen molar-refractivity contribution in [2.75, 3.05) is 32.8 Å². The van der Waals surface area contributed by atoms with Gasteiger partial charge in [-0.25, -0.2) is 0 Å². The van der Waals surface area contributed by atoms with Crippen LogP contribution in [0.2, 0.25) is 0 Å². The van der Waals surface area contributed by atoms with Crippen LogP contribution in [0, 0.1) is 23.7 Å². The van der Waals surface area contributed by atoms with Crippen LogP contribution in [0.4, 0.5) is 0 Å². The molecule has 0 heterocycles. The summed E-state index contributed by atoms with van der Waals surface area (Å²) >= 11 is 0. The molecule has 0 aromatic rings. The summed E-state index contributed by atoms with van der Waals surface area (Å²) in [5.41, 5.74) is 0. The Kier molecular flexibility index (Phi) is 20.6. The fourth-order valence-corrected chi connectivity index (χ4v) is 2.55. The van der Waals surface area contributed by atoms with Crippen LogP contribution in [0.25, 0.3) is 0 Å². The topological polar surface area (TPSA) is 6.48 Å². The average molecular weight is 359 g/mol. The maximum Gasteiger partial charge on any atom is 0.0506 e. The number of rotatable bonds is 14. The van der Waals surface area contributed by atoms with Crippen LogP contribution in [0.3, 0.4) is 0 Å². The third kappa shape index (κ3) is 20.1. The molecule has 0 aliphatic carbocycles. The van der Waals surface area contributed by atoms with E-state index in [0.29, 0.717) is 0 Å². The van der Waals surface area contributed by atoms with Gasteiger partial charge in [-0.1, -0.05) is 70.2 Å². The molecule has 0 aromatic carbocycles. The molecule has 0 saturated heterocycles. The number of hydrogen-bond donors (Lipinski definition) is 0. The van der Waals surface area contributed by atoms with Crippen molar-refractivity contribution in [2.24, 2.45) is 23.7 Å². The Morgan fingerprint density at radius 3 is 0.800 bits per heavy atom. The number of hydrogen-bond acceptors (Lipinski definition) is 2. The van der Waals surface area contributed by atoms with Crippen LogP contribution >= 0.6 is 0 Å². The zero-order valence-electron chi connectivity index (χ0n) is 17.6. The van der Waals surface area contributed by atoms with Crippen LogP contribution in [-0.2, 0) is 0 Å². The van der Waals surface area contributed by atoms with Crippen molar-refractivity contribution in [1.29, 1.82) is 0 Å². The lowest BCUT2D eigenvalue weighted by Gasteiger charge is -2.32. The van der Waals surface area contributed by atoms with E-state index in [-0.39, 0.29) is 14.9 Å². The molecule has 0 aliphatic heterocycles. The van der Waals surface area contributed by atoms with E-state index in [1.165, 1.54) is 58.5 Å². The molecule has 156 valence electrons. The lowest BCUT2D eigenvalue weighted by atomic mass is 10.1. The molecule has 25 heavy (non-hydrogen) atoms. The maximum absolute atomic E-state index is 2.71. The Bertz CT molecular complexity index is 209. The highest BCUT2D eigenvalue weighted by Gasteiger charge is 2.13. The van der Waals surface area contributed by atoms with Gasteiger partial charge >= 0.3 is 0 Å². The molecule has 0 saturated carbocycles. The standard InChI is InChI=1S/C21H46N2.2CH4/c1-18(2)9-13-22(14-10-19(3)4)17-23(15-11-20(5)6)16-12-21(7)8;;/h18-21H,9-17H2,1-8H3;2*1H4. The van der Waals surface area contributed by atoms with E-state index in [4.69, 9.17) is 0 Å². The first-order valence-corrected chi connectivity index (χ1v) is 10.1. The van der Waals surface area contributed by atoms with Crippen molar-refractivity contribution in [2.45, 2.75) is 95.9 Å². The minimum Gasteiger partial charge on any atom is -0.290 e. The summed E-state index contributed by atoms with van der Waals surface area (Å²) < 4.78 is 0. The third-order valence-corrected chi connectivity index (χ3v) is 4.49. The van der Waals surface area contributed by atoms with E-state index in [9.17, 15) is 0 Å². The molecule has 2 nitrogen and oxygen atoms in total. The van der Waals surface area contributed by atoms with Crippen molar-refractivity contribution < 1.29 is 0 Å². The third-order valence-electron chi connectivity index (χ3n) is 4.49. The van der Waals surface area contributed by atoms with Crippen LogP contribution in [0.5, 0.6) is 0 Å². The van der Waals surface area contributed by atoms with Gasteiger partial charge in [0.05, 0.1) is 6.67 Å². The Hall–Kier alpha value is -0.0800. The second kappa shape index (κ2) is 17.3. The molecule has 0 N–H and O–H groups in total. The molecule has 0 atom stereocenters. The normalized spacial score (nSPS) is 11.8. The zero-order chi connectivity index (χ0) is 17.8. The van der Waals surface area contributed by atoms with E-state index in [2.05, 4.69) is 65.2 Å². The Morgan fingerprint density at radius 2 is 0.640 bits per heavy atom. The van der Waals surface area contributed by atoms with Crippen molar-refractivity contribution in [3.63, 3.8) is 0 Å². The molecule has 0 fully saturated rings. The lowest BCUT2D eigenvalue weighted by molar-refractivity contribution is 0.112. The summed E-state index contributed by atoms with van der Waals surface area (Å²) in [5.74, 6) is 3.21. The van der Waals surface area contributed by atoms with Crippen LogP contribution < -0.4 is 0 Å². The van der Waals surface area contributed by atoms with Gasteiger partial charge in [0, 0.05) is 0 Å². The SMILES string of the molecule is C.C.CC(C)CCN(CCC(C)C)CN(CCC(C)C)CCC(C)C. The first-order valence-electron chi connectivity index (χ1n) is 10.1. The first kappa shape index (κ1) is 29.7. The Labute approximate surface area is 162 Å². The molecule has 0 aromatic heterocycles.